The maximum Gasteiger partial charge on any atom is 0.178 e. The summed E-state index contributed by atoms with van der Waals surface area (Å²) in [5.41, 5.74) is 2.65. The third-order valence-corrected chi connectivity index (χ3v) is 3.97. The van der Waals surface area contributed by atoms with Crippen molar-refractivity contribution in [1.29, 1.82) is 0 Å². The van der Waals surface area contributed by atoms with Crippen LogP contribution in [0.15, 0.2) is 42.7 Å². The van der Waals surface area contributed by atoms with Crippen LogP contribution < -0.4 is 0 Å². The lowest BCUT2D eigenvalue weighted by atomic mass is 9.91. The Morgan fingerprint density at radius 1 is 1.19 bits per heavy atom. The molecule has 6 heteroatoms. The van der Waals surface area contributed by atoms with E-state index in [1.807, 2.05) is 22.9 Å². The van der Waals surface area contributed by atoms with Crippen molar-refractivity contribution in [2.45, 2.75) is 6.04 Å². The van der Waals surface area contributed by atoms with E-state index in [2.05, 4.69) is 27.2 Å². The number of aromatic nitrogens is 4. The molecule has 2 aromatic heterocycles. The van der Waals surface area contributed by atoms with E-state index >= 15 is 0 Å². The summed E-state index contributed by atoms with van der Waals surface area (Å²) in [6.07, 6.45) is 3.27. The lowest BCUT2D eigenvalue weighted by Crippen LogP contribution is -2.37. The van der Waals surface area contributed by atoms with Gasteiger partial charge in [0, 0.05) is 5.92 Å². The molecule has 106 valence electrons. The fourth-order valence-corrected chi connectivity index (χ4v) is 2.83. The van der Waals surface area contributed by atoms with Crippen molar-refractivity contribution in [2.24, 2.45) is 5.92 Å². The van der Waals surface area contributed by atoms with Gasteiger partial charge in [0.2, 0.25) is 0 Å². The van der Waals surface area contributed by atoms with E-state index in [1.165, 1.54) is 5.56 Å². The highest BCUT2D eigenvalue weighted by Crippen LogP contribution is 2.33. The Morgan fingerprint density at radius 2 is 2.00 bits per heavy atom. The summed E-state index contributed by atoms with van der Waals surface area (Å²) in [5, 5.41) is 4.87. The molecule has 1 fully saturated rings. The van der Waals surface area contributed by atoms with Gasteiger partial charge in [-0.2, -0.15) is 5.10 Å². The van der Waals surface area contributed by atoms with Gasteiger partial charge < -0.3 is 4.74 Å². The number of rotatable bonds is 3. The number of nitrogens with zero attached hydrogens (tertiary/aromatic N) is 4. The molecular weight excluding hydrogens is 288 g/mol. The molecule has 4 rings (SSSR count). The van der Waals surface area contributed by atoms with Gasteiger partial charge in [0.05, 0.1) is 31.6 Å². The summed E-state index contributed by atoms with van der Waals surface area (Å²) < 4.78 is 7.28. The first kappa shape index (κ1) is 12.7. The number of hydrogen-bond acceptors (Lipinski definition) is 4. The van der Waals surface area contributed by atoms with Crippen LogP contribution in [0.1, 0.15) is 11.6 Å². The molecule has 1 aromatic carbocycles. The molecule has 1 atom stereocenters. The van der Waals surface area contributed by atoms with Gasteiger partial charge in [0.25, 0.3) is 0 Å². The van der Waals surface area contributed by atoms with Gasteiger partial charge in [-0.05, 0) is 5.56 Å². The van der Waals surface area contributed by atoms with Crippen molar-refractivity contribution in [3.05, 3.63) is 53.4 Å². The number of hydrogen-bond donors (Lipinski definition) is 0. The molecule has 0 N–H and O–H groups in total. The Morgan fingerprint density at radius 3 is 2.71 bits per heavy atom. The van der Waals surface area contributed by atoms with E-state index in [4.69, 9.17) is 16.3 Å². The van der Waals surface area contributed by atoms with Crippen LogP contribution in [0.2, 0.25) is 5.15 Å². The fraction of sp³-hybridized carbons (Fsp3) is 0.267. The van der Waals surface area contributed by atoms with Gasteiger partial charge in [-0.3, -0.25) is 0 Å². The molecule has 0 amide bonds. The summed E-state index contributed by atoms with van der Waals surface area (Å²) in [6.45, 7) is 1.46. The highest BCUT2D eigenvalue weighted by molar-refractivity contribution is 6.29. The smallest absolute Gasteiger partial charge is 0.178 e. The van der Waals surface area contributed by atoms with Crippen LogP contribution in [0.3, 0.4) is 0 Å². The minimum Gasteiger partial charge on any atom is -0.381 e. The van der Waals surface area contributed by atoms with E-state index < -0.39 is 0 Å². The molecule has 1 aliphatic rings. The number of ether oxygens (including phenoxy) is 1. The lowest BCUT2D eigenvalue weighted by molar-refractivity contribution is -0.0508. The van der Waals surface area contributed by atoms with E-state index in [-0.39, 0.29) is 6.04 Å². The molecule has 0 aliphatic carbocycles. The van der Waals surface area contributed by atoms with Crippen LogP contribution in [-0.4, -0.2) is 33.0 Å². The van der Waals surface area contributed by atoms with Gasteiger partial charge in [0.1, 0.15) is 10.7 Å². The number of halogens is 1. The molecular formula is C15H13ClN4O. The zero-order valence-corrected chi connectivity index (χ0v) is 11.9. The van der Waals surface area contributed by atoms with Gasteiger partial charge >= 0.3 is 0 Å². The maximum atomic E-state index is 5.99. The average Bonchev–Trinajstić information content (AvgIpc) is 2.86. The van der Waals surface area contributed by atoms with Crippen LogP contribution in [0.25, 0.3) is 11.2 Å². The monoisotopic (exact) mass is 300 g/mol. The van der Waals surface area contributed by atoms with Crippen LogP contribution in [0, 0.1) is 5.92 Å². The van der Waals surface area contributed by atoms with Crippen LogP contribution in [-0.2, 0) is 4.74 Å². The predicted octanol–water partition coefficient (Wildman–Crippen LogP) is 2.72. The average molecular weight is 301 g/mol. The van der Waals surface area contributed by atoms with Crippen molar-refractivity contribution in [3.8, 4) is 0 Å². The van der Waals surface area contributed by atoms with Crippen molar-refractivity contribution in [2.75, 3.05) is 13.2 Å². The number of fused-ring (bicyclic) bond motifs is 1. The molecule has 0 bridgehead atoms. The summed E-state index contributed by atoms with van der Waals surface area (Å²) in [7, 11) is 0. The third kappa shape index (κ3) is 2.18. The third-order valence-electron chi connectivity index (χ3n) is 3.79. The van der Waals surface area contributed by atoms with Crippen molar-refractivity contribution >= 4 is 22.8 Å². The van der Waals surface area contributed by atoms with Crippen LogP contribution >= 0.6 is 11.6 Å². The van der Waals surface area contributed by atoms with Crippen LogP contribution in [0.5, 0.6) is 0 Å². The van der Waals surface area contributed by atoms with Crippen molar-refractivity contribution in [1.82, 2.24) is 19.7 Å². The lowest BCUT2D eigenvalue weighted by Gasteiger charge is -2.34. The first-order chi connectivity index (χ1) is 10.3. The second-order valence-corrected chi connectivity index (χ2v) is 5.53. The van der Waals surface area contributed by atoms with Gasteiger partial charge in [-0.15, -0.1) is 0 Å². The topological polar surface area (TPSA) is 52.8 Å². The highest BCUT2D eigenvalue weighted by atomic mass is 35.5. The molecule has 1 unspecified atom stereocenters. The molecule has 0 saturated carbocycles. The minimum absolute atomic E-state index is 0.0882. The number of benzene rings is 1. The molecule has 3 aromatic rings. The van der Waals surface area contributed by atoms with Crippen LogP contribution in [0.4, 0.5) is 0 Å². The summed E-state index contributed by atoms with van der Waals surface area (Å²) in [4.78, 5) is 8.66. The van der Waals surface area contributed by atoms with E-state index in [1.54, 1.807) is 12.4 Å². The standard InChI is InChI=1S/C15H13ClN4O/c16-13-7-17-12-6-18-20(15(12)19-13)14(11-8-21-9-11)10-4-2-1-3-5-10/h1-7,11,14H,8-9H2. The van der Waals surface area contributed by atoms with Gasteiger partial charge in [-0.1, -0.05) is 41.9 Å². The Balaban J connectivity index is 1.87. The molecule has 0 radical (unpaired) electrons. The Hall–Kier alpha value is -1.98. The molecule has 0 spiro atoms. The maximum absolute atomic E-state index is 5.99. The quantitative estimate of drug-likeness (QED) is 0.746. The minimum atomic E-state index is 0.0882. The zero-order chi connectivity index (χ0) is 14.2. The summed E-state index contributed by atoms with van der Waals surface area (Å²) in [6, 6.07) is 10.4. The largest absolute Gasteiger partial charge is 0.381 e. The zero-order valence-electron chi connectivity index (χ0n) is 11.2. The van der Waals surface area contributed by atoms with Gasteiger partial charge in [-0.25, -0.2) is 14.6 Å². The highest BCUT2D eigenvalue weighted by Gasteiger charge is 2.32. The Labute approximate surface area is 126 Å². The summed E-state index contributed by atoms with van der Waals surface area (Å²) >= 11 is 5.99. The molecule has 1 aliphatic heterocycles. The summed E-state index contributed by atoms with van der Waals surface area (Å²) in [5.74, 6) is 0.385. The van der Waals surface area contributed by atoms with Crippen molar-refractivity contribution < 1.29 is 4.74 Å². The second kappa shape index (κ2) is 5.09. The second-order valence-electron chi connectivity index (χ2n) is 5.14. The van der Waals surface area contributed by atoms with E-state index in [0.717, 1.165) is 18.7 Å². The first-order valence-electron chi connectivity index (χ1n) is 6.81. The normalized spacial score (nSPS) is 16.8. The fourth-order valence-electron chi connectivity index (χ4n) is 2.70. The van der Waals surface area contributed by atoms with Crippen molar-refractivity contribution in [3.63, 3.8) is 0 Å². The molecule has 1 saturated heterocycles. The van der Waals surface area contributed by atoms with E-state index in [0.29, 0.717) is 16.7 Å². The van der Waals surface area contributed by atoms with Gasteiger partial charge in [0.15, 0.2) is 5.65 Å². The molecule has 5 nitrogen and oxygen atoms in total. The molecule has 3 heterocycles. The Bertz CT molecular complexity index is 770. The Kier molecular flexibility index (Phi) is 3.09. The van der Waals surface area contributed by atoms with E-state index in [9.17, 15) is 0 Å². The SMILES string of the molecule is Clc1cnc2cnn(C(c3ccccc3)C3COC3)c2n1. The molecule has 21 heavy (non-hydrogen) atoms. The predicted molar refractivity (Wildman–Crippen MR) is 79.2 cm³/mol. The first-order valence-corrected chi connectivity index (χ1v) is 7.19.